The molecule has 1 N–H and O–H groups in total. The number of β-amino-alcohol motifs (C(OH)–C–C–N with tert-alkyl or cyclic N) is 1. The first kappa shape index (κ1) is 15.2. The minimum atomic E-state index is -0.870. The fourth-order valence-corrected chi connectivity index (χ4v) is 3.28. The van der Waals surface area contributed by atoms with Crippen molar-refractivity contribution in [3.05, 3.63) is 65.7 Å². The van der Waals surface area contributed by atoms with Gasteiger partial charge in [0.25, 0.3) is 0 Å². The van der Waals surface area contributed by atoms with Crippen LogP contribution >= 0.6 is 0 Å². The van der Waals surface area contributed by atoms with Gasteiger partial charge in [-0.15, -0.1) is 0 Å². The molecule has 3 heterocycles. The zero-order valence-electron chi connectivity index (χ0n) is 12.8. The average molecular weight is 330 g/mol. The Balaban J connectivity index is 1.61. The van der Waals surface area contributed by atoms with Gasteiger partial charge in [-0.25, -0.2) is 18.7 Å². The number of hydrogen-bond acceptors (Lipinski definition) is 4. The molecule has 0 aliphatic carbocycles. The summed E-state index contributed by atoms with van der Waals surface area (Å²) in [5.41, 5.74) is 1.47. The normalized spacial score (nSPS) is 21.6. The number of benzene rings is 1. The van der Waals surface area contributed by atoms with Gasteiger partial charge in [0.15, 0.2) is 11.6 Å². The van der Waals surface area contributed by atoms with Crippen molar-refractivity contribution in [2.24, 2.45) is 0 Å². The van der Waals surface area contributed by atoms with Crippen LogP contribution in [-0.2, 0) is 6.54 Å². The molecule has 2 atom stereocenters. The predicted octanol–water partition coefficient (Wildman–Crippen LogP) is 2.32. The van der Waals surface area contributed by atoms with E-state index in [0.717, 1.165) is 11.8 Å². The molecular weight excluding hydrogens is 314 g/mol. The molecule has 7 heteroatoms. The number of likely N-dealkylation sites (tertiary alicyclic amines) is 1. The Labute approximate surface area is 137 Å². The van der Waals surface area contributed by atoms with Crippen molar-refractivity contribution >= 4 is 5.78 Å². The monoisotopic (exact) mass is 330 g/mol. The first-order chi connectivity index (χ1) is 11.6. The van der Waals surface area contributed by atoms with Crippen LogP contribution in [-0.4, -0.2) is 37.0 Å². The molecule has 1 fully saturated rings. The van der Waals surface area contributed by atoms with E-state index in [1.165, 1.54) is 6.07 Å². The fourth-order valence-electron chi connectivity index (χ4n) is 3.28. The largest absolute Gasteiger partial charge is 0.392 e. The van der Waals surface area contributed by atoms with Gasteiger partial charge in [-0.3, -0.25) is 9.30 Å². The van der Waals surface area contributed by atoms with Crippen LogP contribution in [0.4, 0.5) is 8.78 Å². The zero-order valence-corrected chi connectivity index (χ0v) is 12.8. The van der Waals surface area contributed by atoms with Gasteiger partial charge in [-0.1, -0.05) is 6.07 Å². The standard InChI is InChI=1S/C17H16F2N4O/c18-14-3-2-11(6-15(14)19)16-7-13(24)10-23(16)9-12-8-22-5-1-4-20-17(22)21-12/h1-6,8,13,16,24H,7,9-10H2/t13-,16-/m0/s1. The van der Waals surface area contributed by atoms with Gasteiger partial charge in [-0.05, 0) is 30.2 Å². The van der Waals surface area contributed by atoms with Gasteiger partial charge in [0, 0.05) is 37.7 Å². The number of aliphatic hydroxyl groups excluding tert-OH is 1. The number of imidazole rings is 1. The van der Waals surface area contributed by atoms with E-state index in [0.29, 0.717) is 30.9 Å². The summed E-state index contributed by atoms with van der Waals surface area (Å²) < 4.78 is 28.5. The number of fused-ring (bicyclic) bond motifs is 1. The summed E-state index contributed by atoms with van der Waals surface area (Å²) in [5, 5.41) is 10.0. The average Bonchev–Trinajstić information content (AvgIpc) is 3.13. The third-order valence-corrected chi connectivity index (χ3v) is 4.36. The van der Waals surface area contributed by atoms with Crippen LogP contribution in [0.1, 0.15) is 23.7 Å². The second kappa shape index (κ2) is 5.92. The van der Waals surface area contributed by atoms with E-state index >= 15 is 0 Å². The van der Waals surface area contributed by atoms with Crippen molar-refractivity contribution in [1.82, 2.24) is 19.3 Å². The van der Waals surface area contributed by atoms with Crippen molar-refractivity contribution in [1.29, 1.82) is 0 Å². The lowest BCUT2D eigenvalue weighted by Crippen LogP contribution is -2.24. The molecule has 124 valence electrons. The SMILES string of the molecule is O[C@H]1C[C@@H](c2ccc(F)c(F)c2)N(Cc2cn3cccnc3n2)C1. The van der Waals surface area contributed by atoms with Gasteiger partial charge in [0.05, 0.1) is 11.8 Å². The lowest BCUT2D eigenvalue weighted by Gasteiger charge is -2.23. The quantitative estimate of drug-likeness (QED) is 0.801. The lowest BCUT2D eigenvalue weighted by molar-refractivity contribution is 0.172. The number of halogens is 2. The Bertz CT molecular complexity index is 849. The van der Waals surface area contributed by atoms with Crippen LogP contribution in [0, 0.1) is 11.6 Å². The van der Waals surface area contributed by atoms with Crippen molar-refractivity contribution < 1.29 is 13.9 Å². The van der Waals surface area contributed by atoms with Crippen LogP contribution in [0.25, 0.3) is 5.78 Å². The highest BCUT2D eigenvalue weighted by Crippen LogP contribution is 2.33. The van der Waals surface area contributed by atoms with Gasteiger partial charge in [-0.2, -0.15) is 0 Å². The van der Waals surface area contributed by atoms with Gasteiger partial charge < -0.3 is 5.11 Å². The summed E-state index contributed by atoms with van der Waals surface area (Å²) in [6.07, 6.45) is 5.41. The summed E-state index contributed by atoms with van der Waals surface area (Å²) in [5.74, 6) is -1.13. The minimum Gasteiger partial charge on any atom is -0.392 e. The predicted molar refractivity (Wildman–Crippen MR) is 83.1 cm³/mol. The molecule has 0 bridgehead atoms. The molecule has 3 aromatic rings. The van der Waals surface area contributed by atoms with Crippen molar-refractivity contribution in [2.75, 3.05) is 6.54 Å². The topological polar surface area (TPSA) is 53.7 Å². The molecule has 24 heavy (non-hydrogen) atoms. The lowest BCUT2D eigenvalue weighted by atomic mass is 10.0. The Kier molecular flexibility index (Phi) is 3.74. The summed E-state index contributed by atoms with van der Waals surface area (Å²) in [6, 6.07) is 5.55. The van der Waals surface area contributed by atoms with Crippen LogP contribution in [0.3, 0.4) is 0 Å². The molecule has 0 amide bonds. The number of aliphatic hydroxyl groups is 1. The van der Waals surface area contributed by atoms with Crippen LogP contribution in [0.15, 0.2) is 42.9 Å². The van der Waals surface area contributed by atoms with Crippen molar-refractivity contribution in [2.45, 2.75) is 25.1 Å². The highest BCUT2D eigenvalue weighted by Gasteiger charge is 2.32. The molecule has 0 spiro atoms. The smallest absolute Gasteiger partial charge is 0.233 e. The molecular formula is C17H16F2N4O. The molecule has 4 rings (SSSR count). The summed E-state index contributed by atoms with van der Waals surface area (Å²) >= 11 is 0. The Hall–Kier alpha value is -2.38. The van der Waals surface area contributed by atoms with Gasteiger partial charge >= 0.3 is 0 Å². The highest BCUT2D eigenvalue weighted by molar-refractivity contribution is 5.30. The van der Waals surface area contributed by atoms with Crippen LogP contribution < -0.4 is 0 Å². The second-order valence-electron chi connectivity index (χ2n) is 6.07. The van der Waals surface area contributed by atoms with E-state index in [1.54, 1.807) is 12.3 Å². The number of hydrogen-bond donors (Lipinski definition) is 1. The van der Waals surface area contributed by atoms with Gasteiger partial charge in [0.2, 0.25) is 5.78 Å². The van der Waals surface area contributed by atoms with Crippen molar-refractivity contribution in [3.63, 3.8) is 0 Å². The molecule has 2 aromatic heterocycles. The molecule has 1 aromatic carbocycles. The molecule has 1 aliphatic heterocycles. The zero-order chi connectivity index (χ0) is 16.7. The summed E-state index contributed by atoms with van der Waals surface area (Å²) in [4.78, 5) is 10.7. The van der Waals surface area contributed by atoms with Crippen molar-refractivity contribution in [3.8, 4) is 0 Å². The Morgan fingerprint density at radius 3 is 2.92 bits per heavy atom. The third kappa shape index (κ3) is 2.76. The number of aromatic nitrogens is 3. The number of nitrogens with zero attached hydrogens (tertiary/aromatic N) is 4. The van der Waals surface area contributed by atoms with Crippen LogP contribution in [0.2, 0.25) is 0 Å². The van der Waals surface area contributed by atoms with E-state index in [1.807, 2.05) is 27.8 Å². The van der Waals surface area contributed by atoms with Crippen LogP contribution in [0.5, 0.6) is 0 Å². The summed E-state index contributed by atoms with van der Waals surface area (Å²) in [6.45, 7) is 0.967. The Morgan fingerprint density at radius 1 is 1.25 bits per heavy atom. The molecule has 0 radical (unpaired) electrons. The molecule has 0 saturated carbocycles. The number of rotatable bonds is 3. The van der Waals surface area contributed by atoms with E-state index in [4.69, 9.17) is 0 Å². The maximum absolute atomic E-state index is 13.5. The first-order valence-corrected chi connectivity index (χ1v) is 7.76. The minimum absolute atomic E-state index is 0.173. The fraction of sp³-hybridized carbons (Fsp3) is 0.294. The van der Waals surface area contributed by atoms with E-state index < -0.39 is 17.7 Å². The molecule has 1 aliphatic rings. The molecule has 5 nitrogen and oxygen atoms in total. The molecule has 0 unspecified atom stereocenters. The highest BCUT2D eigenvalue weighted by atomic mass is 19.2. The van der Waals surface area contributed by atoms with Gasteiger partial charge in [0.1, 0.15) is 0 Å². The molecule has 1 saturated heterocycles. The van der Waals surface area contributed by atoms with E-state index in [9.17, 15) is 13.9 Å². The van der Waals surface area contributed by atoms with E-state index in [2.05, 4.69) is 9.97 Å². The third-order valence-electron chi connectivity index (χ3n) is 4.36. The van der Waals surface area contributed by atoms with E-state index in [-0.39, 0.29) is 6.04 Å². The maximum Gasteiger partial charge on any atom is 0.233 e. The Morgan fingerprint density at radius 2 is 2.12 bits per heavy atom. The first-order valence-electron chi connectivity index (χ1n) is 7.76. The maximum atomic E-state index is 13.5. The summed E-state index contributed by atoms with van der Waals surface area (Å²) in [7, 11) is 0. The second-order valence-corrected chi connectivity index (χ2v) is 6.07.